The van der Waals surface area contributed by atoms with E-state index < -0.39 is 0 Å². The van der Waals surface area contributed by atoms with Crippen LogP contribution in [0.3, 0.4) is 0 Å². The lowest BCUT2D eigenvalue weighted by atomic mass is 9.91. The van der Waals surface area contributed by atoms with Crippen molar-refractivity contribution in [2.45, 2.75) is 44.7 Å². The maximum Gasteiger partial charge on any atom is 0.222 e. The van der Waals surface area contributed by atoms with Gasteiger partial charge in [-0.25, -0.2) is 0 Å². The highest BCUT2D eigenvalue weighted by molar-refractivity contribution is 5.76. The topological polar surface area (TPSA) is 54.3 Å². The Morgan fingerprint density at radius 3 is 2.80 bits per heavy atom. The predicted molar refractivity (Wildman–Crippen MR) is 76.1 cm³/mol. The molecule has 0 radical (unpaired) electrons. The largest absolute Gasteiger partial charge is 0.384 e. The molecule has 2 heterocycles. The zero-order valence-corrected chi connectivity index (χ0v) is 12.4. The Bertz CT molecular complexity index is 435. The second kappa shape index (κ2) is 5.92. The van der Waals surface area contributed by atoms with Crippen LogP contribution in [-0.2, 0) is 9.53 Å². The lowest BCUT2D eigenvalue weighted by Gasteiger charge is -2.23. The van der Waals surface area contributed by atoms with Crippen LogP contribution in [0.1, 0.15) is 39.0 Å². The average Bonchev–Trinajstić information content (AvgIpc) is 3.10. The third-order valence-electron chi connectivity index (χ3n) is 4.20. The van der Waals surface area contributed by atoms with Crippen molar-refractivity contribution in [3.05, 3.63) is 0 Å². The maximum absolute atomic E-state index is 12.2. The smallest absolute Gasteiger partial charge is 0.222 e. The number of terminal acetylenes is 1. The Morgan fingerprint density at radius 2 is 2.20 bits per heavy atom. The summed E-state index contributed by atoms with van der Waals surface area (Å²) in [5.41, 5.74) is -0.252. The van der Waals surface area contributed by atoms with Gasteiger partial charge in [-0.15, -0.1) is 12.3 Å². The molecule has 5 heteroatoms. The van der Waals surface area contributed by atoms with Crippen LogP contribution in [0.15, 0.2) is 10.2 Å². The van der Waals surface area contributed by atoms with E-state index in [0.29, 0.717) is 25.9 Å². The van der Waals surface area contributed by atoms with Crippen LogP contribution in [0.4, 0.5) is 0 Å². The molecule has 5 nitrogen and oxygen atoms in total. The minimum Gasteiger partial charge on any atom is -0.384 e. The van der Waals surface area contributed by atoms with Gasteiger partial charge in [0, 0.05) is 51.3 Å². The van der Waals surface area contributed by atoms with E-state index in [1.807, 2.05) is 4.90 Å². The molecule has 0 aromatic heterocycles. The first-order chi connectivity index (χ1) is 9.52. The van der Waals surface area contributed by atoms with E-state index >= 15 is 0 Å². The quantitative estimate of drug-likeness (QED) is 0.670. The van der Waals surface area contributed by atoms with Crippen molar-refractivity contribution in [1.82, 2.24) is 4.90 Å². The number of hydrogen-bond acceptors (Lipinski definition) is 4. The molecule has 0 aromatic carbocycles. The van der Waals surface area contributed by atoms with E-state index in [1.54, 1.807) is 7.11 Å². The van der Waals surface area contributed by atoms with Crippen LogP contribution in [0.2, 0.25) is 0 Å². The van der Waals surface area contributed by atoms with E-state index in [1.165, 1.54) is 0 Å². The second-order valence-electron chi connectivity index (χ2n) is 6.20. The molecule has 0 saturated carbocycles. The molecule has 0 aromatic rings. The zero-order chi connectivity index (χ0) is 14.6. The molecule has 0 aliphatic carbocycles. The normalized spacial score (nSPS) is 26.6. The van der Waals surface area contributed by atoms with E-state index in [0.717, 1.165) is 25.9 Å². The molecule has 2 aliphatic heterocycles. The lowest BCUT2D eigenvalue weighted by molar-refractivity contribution is -0.130. The number of nitrogens with zero attached hydrogens (tertiary/aromatic N) is 3. The van der Waals surface area contributed by atoms with Gasteiger partial charge in [-0.1, -0.05) is 6.92 Å². The molecule has 1 fully saturated rings. The number of methoxy groups -OCH3 is 1. The molecule has 20 heavy (non-hydrogen) atoms. The summed E-state index contributed by atoms with van der Waals surface area (Å²) in [6.07, 6.45) is 8.87. The standard InChI is InChI=1S/C15H23N3O2/c1-4-5-7-15(16-17-15)8-6-13(19)18-10-9-14(2,11-18)12-20-3/h1H,5-12H2,2-3H3. The summed E-state index contributed by atoms with van der Waals surface area (Å²) in [6.45, 7) is 4.48. The molecule has 0 N–H and O–H groups in total. The van der Waals surface area contributed by atoms with Crippen molar-refractivity contribution >= 4 is 5.91 Å². The summed E-state index contributed by atoms with van der Waals surface area (Å²) in [5, 5.41) is 8.13. The molecule has 2 aliphatic rings. The molecule has 0 bridgehead atoms. The van der Waals surface area contributed by atoms with Crippen LogP contribution in [0.25, 0.3) is 0 Å². The predicted octanol–water partition coefficient (Wildman–Crippen LogP) is 2.23. The SMILES string of the molecule is C#CCCC1(CCC(=O)N2CCC(C)(COC)C2)N=N1. The van der Waals surface area contributed by atoms with E-state index in [-0.39, 0.29) is 17.0 Å². The summed E-state index contributed by atoms with van der Waals surface area (Å²) in [7, 11) is 1.71. The number of rotatable bonds is 7. The van der Waals surface area contributed by atoms with Crippen molar-refractivity contribution in [3.63, 3.8) is 0 Å². The highest BCUT2D eigenvalue weighted by Gasteiger charge is 2.41. The van der Waals surface area contributed by atoms with Gasteiger partial charge in [0.1, 0.15) is 0 Å². The molecule has 110 valence electrons. The van der Waals surface area contributed by atoms with Crippen LogP contribution in [0.5, 0.6) is 0 Å². The Balaban J connectivity index is 1.75. The van der Waals surface area contributed by atoms with Crippen molar-refractivity contribution in [2.75, 3.05) is 26.8 Å². The molecular formula is C15H23N3O2. The number of likely N-dealkylation sites (tertiary alicyclic amines) is 1. The number of ether oxygens (including phenoxy) is 1. The maximum atomic E-state index is 12.2. The number of carbonyl (C=O) groups excluding carboxylic acids is 1. The van der Waals surface area contributed by atoms with Crippen molar-refractivity contribution < 1.29 is 9.53 Å². The summed E-state index contributed by atoms with van der Waals surface area (Å²) in [5.74, 6) is 2.80. The van der Waals surface area contributed by atoms with Gasteiger partial charge in [0.25, 0.3) is 0 Å². The number of hydrogen-bond donors (Lipinski definition) is 0. The fraction of sp³-hybridized carbons (Fsp3) is 0.800. The second-order valence-corrected chi connectivity index (χ2v) is 6.20. The van der Waals surface area contributed by atoms with E-state index in [2.05, 4.69) is 23.1 Å². The first-order valence-electron chi connectivity index (χ1n) is 7.17. The van der Waals surface area contributed by atoms with Crippen LogP contribution >= 0.6 is 0 Å². The van der Waals surface area contributed by atoms with Crippen molar-refractivity contribution in [2.24, 2.45) is 15.6 Å². The van der Waals surface area contributed by atoms with Gasteiger partial charge in [0.2, 0.25) is 5.91 Å². The van der Waals surface area contributed by atoms with E-state index in [9.17, 15) is 4.79 Å². The Morgan fingerprint density at radius 1 is 1.45 bits per heavy atom. The van der Waals surface area contributed by atoms with Gasteiger partial charge in [-0.2, -0.15) is 10.2 Å². The first-order valence-corrected chi connectivity index (χ1v) is 7.17. The molecule has 0 spiro atoms. The number of amides is 1. The van der Waals surface area contributed by atoms with Gasteiger partial charge in [0.15, 0.2) is 5.66 Å². The Kier molecular flexibility index (Phi) is 4.44. The van der Waals surface area contributed by atoms with Crippen LogP contribution < -0.4 is 0 Å². The molecule has 2 rings (SSSR count). The van der Waals surface area contributed by atoms with Crippen LogP contribution in [-0.4, -0.2) is 43.3 Å². The van der Waals surface area contributed by atoms with Gasteiger partial charge in [-0.05, 0) is 6.42 Å². The highest BCUT2D eigenvalue weighted by Crippen LogP contribution is 2.38. The summed E-state index contributed by atoms with van der Waals surface area (Å²) < 4.78 is 5.24. The molecule has 1 atom stereocenters. The molecule has 1 saturated heterocycles. The zero-order valence-electron chi connectivity index (χ0n) is 12.4. The lowest BCUT2D eigenvalue weighted by Crippen LogP contribution is -2.33. The van der Waals surface area contributed by atoms with Crippen molar-refractivity contribution in [1.29, 1.82) is 0 Å². The third-order valence-corrected chi connectivity index (χ3v) is 4.20. The summed E-state index contributed by atoms with van der Waals surface area (Å²) >= 11 is 0. The third kappa shape index (κ3) is 3.57. The fourth-order valence-corrected chi connectivity index (χ4v) is 2.84. The van der Waals surface area contributed by atoms with Gasteiger partial charge in [-0.3, -0.25) is 4.79 Å². The van der Waals surface area contributed by atoms with Gasteiger partial charge < -0.3 is 9.64 Å². The average molecular weight is 277 g/mol. The summed E-state index contributed by atoms with van der Waals surface area (Å²) in [4.78, 5) is 14.2. The summed E-state index contributed by atoms with van der Waals surface area (Å²) in [6, 6.07) is 0. The Hall–Kier alpha value is -1.41. The van der Waals surface area contributed by atoms with Gasteiger partial charge in [0.05, 0.1) is 6.61 Å². The fourth-order valence-electron chi connectivity index (χ4n) is 2.84. The monoisotopic (exact) mass is 277 g/mol. The number of carbonyl (C=O) groups is 1. The molecular weight excluding hydrogens is 254 g/mol. The Labute approximate surface area is 120 Å². The highest BCUT2D eigenvalue weighted by atomic mass is 16.5. The minimum atomic E-state index is -0.350. The first kappa shape index (κ1) is 15.0. The van der Waals surface area contributed by atoms with Crippen LogP contribution in [0, 0.1) is 17.8 Å². The van der Waals surface area contributed by atoms with Crippen molar-refractivity contribution in [3.8, 4) is 12.3 Å². The minimum absolute atomic E-state index is 0.0971. The van der Waals surface area contributed by atoms with E-state index in [4.69, 9.17) is 11.2 Å². The molecule has 1 unspecified atom stereocenters. The molecule has 1 amide bonds. The van der Waals surface area contributed by atoms with Gasteiger partial charge >= 0.3 is 0 Å².